The average molecular weight is 365 g/mol. The molecule has 0 radical (unpaired) electrons. The van der Waals surface area contributed by atoms with E-state index in [9.17, 15) is 15.0 Å². The quantitative estimate of drug-likeness (QED) is 0.666. The Labute approximate surface area is 158 Å². The number of aliphatic hydroxyl groups is 1. The molecule has 0 fully saturated rings. The molecule has 1 heterocycles. The van der Waals surface area contributed by atoms with E-state index in [-0.39, 0.29) is 18.7 Å². The summed E-state index contributed by atoms with van der Waals surface area (Å²) in [6.07, 6.45) is 0.812. The zero-order chi connectivity index (χ0) is 19.4. The molecule has 0 amide bonds. The first-order valence-corrected chi connectivity index (χ1v) is 8.82. The molecule has 0 saturated carbocycles. The van der Waals surface area contributed by atoms with Gasteiger partial charge in [0.15, 0.2) is 0 Å². The summed E-state index contributed by atoms with van der Waals surface area (Å²) in [4.78, 5) is 11.6. The van der Waals surface area contributed by atoms with Crippen LogP contribution in [-0.2, 0) is 6.54 Å². The number of benzene rings is 2. The Kier molecular flexibility index (Phi) is 5.62. The Morgan fingerprint density at radius 2 is 1.74 bits per heavy atom. The predicted molar refractivity (Wildman–Crippen MR) is 104 cm³/mol. The van der Waals surface area contributed by atoms with E-state index >= 15 is 0 Å². The van der Waals surface area contributed by atoms with E-state index in [4.69, 9.17) is 4.74 Å². The van der Waals surface area contributed by atoms with E-state index in [1.165, 1.54) is 0 Å². The zero-order valence-electron chi connectivity index (χ0n) is 15.4. The van der Waals surface area contributed by atoms with Crippen molar-refractivity contribution in [2.75, 3.05) is 6.61 Å². The molecule has 1 unspecified atom stereocenters. The lowest BCUT2D eigenvalue weighted by Crippen LogP contribution is -2.23. The minimum atomic E-state index is -0.976. The number of ether oxygens (including phenoxy) is 1. The number of hydrogen-bond acceptors (Lipinski definition) is 3. The van der Waals surface area contributed by atoms with Crippen LogP contribution >= 0.6 is 0 Å². The Bertz CT molecular complexity index is 931. The number of aromatic nitrogens is 1. The SMILES string of the molecule is Cc1ccccc1-c1c(C)c(C(=O)O)cn1CC(O)COc1ccccc1. The number of aromatic carboxylic acids is 1. The van der Waals surface area contributed by atoms with Gasteiger partial charge in [-0.1, -0.05) is 42.5 Å². The third-order valence-corrected chi connectivity index (χ3v) is 4.55. The van der Waals surface area contributed by atoms with Crippen LogP contribution in [0.25, 0.3) is 11.3 Å². The zero-order valence-corrected chi connectivity index (χ0v) is 15.4. The highest BCUT2D eigenvalue weighted by Crippen LogP contribution is 2.30. The minimum absolute atomic E-state index is 0.122. The number of nitrogens with zero attached hydrogens (tertiary/aromatic N) is 1. The van der Waals surface area contributed by atoms with Crippen molar-refractivity contribution in [2.45, 2.75) is 26.5 Å². The normalized spacial score (nSPS) is 12.0. The summed E-state index contributed by atoms with van der Waals surface area (Å²) < 4.78 is 7.42. The van der Waals surface area contributed by atoms with E-state index in [1.807, 2.05) is 61.5 Å². The molecule has 1 atom stereocenters. The van der Waals surface area contributed by atoms with Crippen LogP contribution < -0.4 is 4.74 Å². The third kappa shape index (κ3) is 4.20. The molecule has 0 aliphatic heterocycles. The molecule has 2 aromatic carbocycles. The van der Waals surface area contributed by atoms with Gasteiger partial charge in [-0.15, -0.1) is 0 Å². The highest BCUT2D eigenvalue weighted by molar-refractivity contribution is 5.92. The first-order valence-electron chi connectivity index (χ1n) is 8.82. The number of rotatable bonds is 7. The number of carboxylic acid groups (broad SMARTS) is 1. The van der Waals surface area contributed by atoms with Crippen molar-refractivity contribution in [1.29, 1.82) is 0 Å². The Hall–Kier alpha value is -3.05. The van der Waals surface area contributed by atoms with Gasteiger partial charge in [0.2, 0.25) is 0 Å². The van der Waals surface area contributed by atoms with Crippen molar-refractivity contribution >= 4 is 5.97 Å². The van der Waals surface area contributed by atoms with Gasteiger partial charge in [-0.05, 0) is 37.1 Å². The second kappa shape index (κ2) is 8.10. The van der Waals surface area contributed by atoms with Crippen molar-refractivity contribution in [1.82, 2.24) is 4.57 Å². The molecule has 3 aromatic rings. The molecule has 0 bridgehead atoms. The summed E-state index contributed by atoms with van der Waals surface area (Å²) >= 11 is 0. The molecular weight excluding hydrogens is 342 g/mol. The molecule has 5 heteroatoms. The van der Waals surface area contributed by atoms with Crippen LogP contribution in [0.5, 0.6) is 5.75 Å². The van der Waals surface area contributed by atoms with Crippen LogP contribution in [0.15, 0.2) is 60.8 Å². The van der Waals surface area contributed by atoms with Gasteiger partial charge in [0, 0.05) is 11.8 Å². The van der Waals surface area contributed by atoms with Crippen LogP contribution in [0.3, 0.4) is 0 Å². The molecule has 0 saturated heterocycles. The molecule has 140 valence electrons. The maximum atomic E-state index is 11.6. The fraction of sp³-hybridized carbons (Fsp3) is 0.227. The van der Waals surface area contributed by atoms with Gasteiger partial charge >= 0.3 is 5.97 Å². The van der Waals surface area contributed by atoms with Crippen LogP contribution in [0.4, 0.5) is 0 Å². The summed E-state index contributed by atoms with van der Waals surface area (Å²) in [6, 6.07) is 17.1. The monoisotopic (exact) mass is 365 g/mol. The minimum Gasteiger partial charge on any atom is -0.491 e. The van der Waals surface area contributed by atoms with Crippen LogP contribution in [0, 0.1) is 13.8 Å². The van der Waals surface area contributed by atoms with Crippen LogP contribution in [0.1, 0.15) is 21.5 Å². The number of aliphatic hydroxyl groups excluding tert-OH is 1. The second-order valence-electron chi connectivity index (χ2n) is 6.57. The summed E-state index contributed by atoms with van der Waals surface area (Å²) in [5, 5.41) is 20.0. The summed E-state index contributed by atoms with van der Waals surface area (Å²) in [5.74, 6) is -0.290. The molecule has 3 rings (SSSR count). The van der Waals surface area contributed by atoms with Crippen molar-refractivity contribution in [3.63, 3.8) is 0 Å². The first-order chi connectivity index (χ1) is 13.0. The smallest absolute Gasteiger partial charge is 0.337 e. The molecule has 5 nitrogen and oxygen atoms in total. The standard InChI is InChI=1S/C22H23NO4/c1-15-8-6-7-11-19(15)21-16(2)20(22(25)26)13-23(21)12-17(24)14-27-18-9-4-3-5-10-18/h3-11,13,17,24H,12,14H2,1-2H3,(H,25,26). The molecule has 2 N–H and O–H groups in total. The van der Waals surface area contributed by atoms with Gasteiger partial charge < -0.3 is 19.5 Å². The maximum Gasteiger partial charge on any atom is 0.337 e. The highest BCUT2D eigenvalue weighted by atomic mass is 16.5. The largest absolute Gasteiger partial charge is 0.491 e. The summed E-state index contributed by atoms with van der Waals surface area (Å²) in [6.45, 7) is 4.15. The molecular formula is C22H23NO4. The number of carboxylic acids is 1. The van der Waals surface area contributed by atoms with Crippen LogP contribution in [-0.4, -0.2) is 33.5 Å². The molecule has 1 aromatic heterocycles. The van der Waals surface area contributed by atoms with Gasteiger partial charge in [0.05, 0.1) is 17.8 Å². The van der Waals surface area contributed by atoms with Gasteiger partial charge in [-0.25, -0.2) is 4.79 Å². The number of hydrogen-bond donors (Lipinski definition) is 2. The average Bonchev–Trinajstić information content (AvgIpc) is 2.97. The van der Waals surface area contributed by atoms with Crippen molar-refractivity contribution in [3.05, 3.63) is 77.5 Å². The van der Waals surface area contributed by atoms with Crippen molar-refractivity contribution in [3.8, 4) is 17.0 Å². The first kappa shape index (κ1) is 18.7. The topological polar surface area (TPSA) is 71.7 Å². The predicted octanol–water partition coefficient (Wildman–Crippen LogP) is 3.91. The fourth-order valence-corrected chi connectivity index (χ4v) is 3.20. The van der Waals surface area contributed by atoms with E-state index in [0.29, 0.717) is 11.3 Å². The maximum absolute atomic E-state index is 11.6. The number of carbonyl (C=O) groups is 1. The fourth-order valence-electron chi connectivity index (χ4n) is 3.20. The molecule has 27 heavy (non-hydrogen) atoms. The molecule has 0 aliphatic rings. The lowest BCUT2D eigenvalue weighted by atomic mass is 10.0. The lowest BCUT2D eigenvalue weighted by Gasteiger charge is -2.17. The van der Waals surface area contributed by atoms with Crippen molar-refractivity contribution in [2.24, 2.45) is 0 Å². The molecule has 0 spiro atoms. The second-order valence-corrected chi connectivity index (χ2v) is 6.57. The summed E-state index contributed by atoms with van der Waals surface area (Å²) in [5.41, 5.74) is 3.74. The van der Waals surface area contributed by atoms with Crippen LogP contribution in [0.2, 0.25) is 0 Å². The van der Waals surface area contributed by atoms with E-state index < -0.39 is 12.1 Å². The third-order valence-electron chi connectivity index (χ3n) is 4.55. The summed E-state index contributed by atoms with van der Waals surface area (Å²) in [7, 11) is 0. The number of aryl methyl sites for hydroxylation is 1. The molecule has 0 aliphatic carbocycles. The van der Waals surface area contributed by atoms with Gasteiger partial charge in [-0.3, -0.25) is 0 Å². The van der Waals surface area contributed by atoms with E-state index in [0.717, 1.165) is 16.8 Å². The number of para-hydroxylation sites is 1. The lowest BCUT2D eigenvalue weighted by molar-refractivity contribution is 0.0695. The Balaban J connectivity index is 1.87. The van der Waals surface area contributed by atoms with Gasteiger partial charge in [-0.2, -0.15) is 0 Å². The van der Waals surface area contributed by atoms with Gasteiger partial charge in [0.1, 0.15) is 18.5 Å². The Morgan fingerprint density at radius 1 is 1.07 bits per heavy atom. The Morgan fingerprint density at radius 3 is 2.41 bits per heavy atom. The van der Waals surface area contributed by atoms with Crippen molar-refractivity contribution < 1.29 is 19.7 Å². The highest BCUT2D eigenvalue weighted by Gasteiger charge is 2.21. The van der Waals surface area contributed by atoms with Gasteiger partial charge in [0.25, 0.3) is 0 Å². The van der Waals surface area contributed by atoms with E-state index in [2.05, 4.69) is 0 Å². The van der Waals surface area contributed by atoms with E-state index in [1.54, 1.807) is 17.7 Å².